The summed E-state index contributed by atoms with van der Waals surface area (Å²) < 4.78 is 22.2. The lowest BCUT2D eigenvalue weighted by Crippen LogP contribution is -2.47. The van der Waals surface area contributed by atoms with Crippen LogP contribution in [0, 0.1) is 0 Å². The normalized spacial score (nSPS) is 14.6. The lowest BCUT2D eigenvalue weighted by Gasteiger charge is -2.22. The second-order valence-corrected chi connectivity index (χ2v) is 7.71. The predicted molar refractivity (Wildman–Crippen MR) is 124 cm³/mol. The maximum Gasteiger partial charge on any atom is 0.636 e. The third-order valence-corrected chi connectivity index (χ3v) is 4.99. The third-order valence-electron chi connectivity index (χ3n) is 4.99. The van der Waals surface area contributed by atoms with Crippen LogP contribution in [0.3, 0.4) is 0 Å². The molecular weight excluding hydrogens is 421 g/mol. The fourth-order valence-electron chi connectivity index (χ4n) is 3.33. The Bertz CT molecular complexity index is 1050. The Morgan fingerprint density at radius 2 is 1.36 bits per heavy atom. The number of likely N-dealkylation sites (N-methyl/N-ethyl adjacent to an activating group) is 1. The van der Waals surface area contributed by atoms with Gasteiger partial charge >= 0.3 is 19.1 Å². The highest BCUT2D eigenvalue weighted by atomic mass is 16.6. The van der Waals surface area contributed by atoms with E-state index in [0.717, 1.165) is 23.5 Å². The maximum absolute atomic E-state index is 11.9. The van der Waals surface area contributed by atoms with Gasteiger partial charge in [0, 0.05) is 11.9 Å². The largest absolute Gasteiger partial charge is 0.636 e. The number of ether oxygens (including phenoxy) is 2. The van der Waals surface area contributed by atoms with E-state index in [4.69, 9.17) is 18.8 Å². The Labute approximate surface area is 193 Å². The second kappa shape index (κ2) is 10.7. The molecule has 0 amide bonds. The van der Waals surface area contributed by atoms with Crippen LogP contribution in [0.5, 0.6) is 17.2 Å². The van der Waals surface area contributed by atoms with Gasteiger partial charge in [-0.25, -0.2) is 0 Å². The van der Waals surface area contributed by atoms with Gasteiger partial charge in [0.25, 0.3) is 0 Å². The average Bonchev–Trinajstić information content (AvgIpc) is 2.80. The molecule has 1 fully saturated rings. The molecule has 0 spiro atoms. The molecule has 8 heteroatoms. The minimum atomic E-state index is -1.05. The molecule has 0 atom stereocenters. The molecular formula is C25H24BNO6. The second-order valence-electron chi connectivity index (χ2n) is 7.71. The lowest BCUT2D eigenvalue weighted by atomic mass is 9.78. The van der Waals surface area contributed by atoms with Crippen LogP contribution < -0.4 is 14.9 Å². The minimum Gasteiger partial charge on any atom is -0.494 e. The van der Waals surface area contributed by atoms with Crippen LogP contribution in [0.1, 0.15) is 5.56 Å². The number of rotatable bonds is 7. The SMILES string of the molecule is CN1CC(=O)OB(c2ccc(OCCc3ccc(Oc4ccccc4)cc3)cc2)OC(=O)C1. The van der Waals surface area contributed by atoms with Crippen molar-refractivity contribution in [3.8, 4) is 17.2 Å². The fourth-order valence-corrected chi connectivity index (χ4v) is 3.33. The molecule has 3 aromatic rings. The van der Waals surface area contributed by atoms with E-state index in [1.165, 1.54) is 0 Å². The van der Waals surface area contributed by atoms with Gasteiger partial charge < -0.3 is 18.8 Å². The van der Waals surface area contributed by atoms with E-state index in [9.17, 15) is 9.59 Å². The monoisotopic (exact) mass is 445 g/mol. The van der Waals surface area contributed by atoms with Crippen molar-refractivity contribution in [1.29, 1.82) is 0 Å². The highest BCUT2D eigenvalue weighted by molar-refractivity contribution is 6.64. The highest BCUT2D eigenvalue weighted by Crippen LogP contribution is 2.21. The zero-order valence-electron chi connectivity index (χ0n) is 18.3. The van der Waals surface area contributed by atoms with Crippen LogP contribution >= 0.6 is 0 Å². The Balaban J connectivity index is 1.27. The van der Waals surface area contributed by atoms with E-state index < -0.39 is 19.1 Å². The molecule has 0 N–H and O–H groups in total. The molecule has 33 heavy (non-hydrogen) atoms. The molecule has 1 aliphatic heterocycles. The van der Waals surface area contributed by atoms with E-state index in [1.807, 2.05) is 54.6 Å². The van der Waals surface area contributed by atoms with Gasteiger partial charge in [-0.3, -0.25) is 14.5 Å². The van der Waals surface area contributed by atoms with E-state index in [-0.39, 0.29) is 13.1 Å². The molecule has 1 saturated heterocycles. The number of benzene rings is 3. The molecule has 0 radical (unpaired) electrons. The molecule has 0 aliphatic carbocycles. The maximum atomic E-state index is 11.9. The van der Waals surface area contributed by atoms with Gasteiger partial charge in [-0.1, -0.05) is 42.5 Å². The molecule has 0 aromatic heterocycles. The first kappa shape index (κ1) is 22.4. The van der Waals surface area contributed by atoms with Crippen LogP contribution in [0.15, 0.2) is 78.9 Å². The first-order valence-electron chi connectivity index (χ1n) is 10.7. The van der Waals surface area contributed by atoms with E-state index in [0.29, 0.717) is 17.8 Å². The van der Waals surface area contributed by atoms with Crippen LogP contribution in [0.2, 0.25) is 0 Å². The summed E-state index contributed by atoms with van der Waals surface area (Å²) in [5, 5.41) is 0. The number of hydrogen-bond acceptors (Lipinski definition) is 7. The molecule has 1 aliphatic rings. The zero-order valence-corrected chi connectivity index (χ0v) is 18.3. The standard InChI is InChI=1S/C25H24BNO6/c1-27-17-24(28)32-26(33-25(29)18-27)20-9-13-21(14-10-20)30-16-15-19-7-11-23(12-8-19)31-22-5-3-2-4-6-22/h2-14H,15-18H2,1H3. The van der Waals surface area contributed by atoms with Gasteiger partial charge in [0.2, 0.25) is 0 Å². The summed E-state index contributed by atoms with van der Waals surface area (Å²) in [6.07, 6.45) is 0.735. The van der Waals surface area contributed by atoms with Crippen LogP contribution in [0.4, 0.5) is 0 Å². The van der Waals surface area contributed by atoms with Gasteiger partial charge in [-0.15, -0.1) is 0 Å². The molecule has 1 heterocycles. The van der Waals surface area contributed by atoms with Crippen molar-refractivity contribution in [2.45, 2.75) is 6.42 Å². The Morgan fingerprint density at radius 3 is 2.00 bits per heavy atom. The Kier molecular flexibility index (Phi) is 7.27. The van der Waals surface area contributed by atoms with Crippen LogP contribution in [-0.4, -0.2) is 50.7 Å². The van der Waals surface area contributed by atoms with Gasteiger partial charge in [0.05, 0.1) is 19.7 Å². The van der Waals surface area contributed by atoms with Crippen molar-refractivity contribution in [2.75, 3.05) is 26.7 Å². The molecule has 0 unspecified atom stereocenters. The van der Waals surface area contributed by atoms with Crippen molar-refractivity contribution in [3.63, 3.8) is 0 Å². The zero-order chi connectivity index (χ0) is 23.0. The predicted octanol–water partition coefficient (Wildman–Crippen LogP) is 2.83. The molecule has 0 saturated carbocycles. The summed E-state index contributed by atoms with van der Waals surface area (Å²) in [7, 11) is 0.603. The first-order valence-corrected chi connectivity index (χ1v) is 10.7. The summed E-state index contributed by atoms with van der Waals surface area (Å²) in [5.41, 5.74) is 1.70. The third kappa shape index (κ3) is 6.60. The van der Waals surface area contributed by atoms with Gasteiger partial charge in [0.15, 0.2) is 0 Å². The van der Waals surface area contributed by atoms with E-state index in [2.05, 4.69) is 0 Å². The number of nitrogens with zero attached hydrogens (tertiary/aromatic N) is 1. The smallest absolute Gasteiger partial charge is 0.494 e. The molecule has 7 nitrogen and oxygen atoms in total. The van der Waals surface area contributed by atoms with Gasteiger partial charge in [0.1, 0.15) is 17.2 Å². The molecule has 0 bridgehead atoms. The average molecular weight is 445 g/mol. The number of carbonyl (C=O) groups excluding carboxylic acids is 2. The summed E-state index contributed by atoms with van der Waals surface area (Å²) in [6.45, 7) is 0.566. The first-order chi connectivity index (χ1) is 16.0. The van der Waals surface area contributed by atoms with Crippen molar-refractivity contribution in [3.05, 3.63) is 84.4 Å². The quantitative estimate of drug-likeness (QED) is 0.518. The van der Waals surface area contributed by atoms with E-state index >= 15 is 0 Å². The number of hydrogen-bond donors (Lipinski definition) is 0. The fraction of sp³-hybridized carbons (Fsp3) is 0.200. The van der Waals surface area contributed by atoms with Crippen LogP contribution in [-0.2, 0) is 25.3 Å². The topological polar surface area (TPSA) is 74.3 Å². The summed E-state index contributed by atoms with van der Waals surface area (Å²) in [6, 6.07) is 24.5. The van der Waals surface area contributed by atoms with Crippen molar-refractivity contribution >= 4 is 24.5 Å². The highest BCUT2D eigenvalue weighted by Gasteiger charge is 2.33. The molecule has 4 rings (SSSR count). The van der Waals surface area contributed by atoms with Crippen LogP contribution in [0.25, 0.3) is 0 Å². The minimum absolute atomic E-state index is 0.0339. The number of carbonyl (C=O) groups is 2. The van der Waals surface area contributed by atoms with Crippen molar-refractivity contribution in [2.24, 2.45) is 0 Å². The van der Waals surface area contributed by atoms with Gasteiger partial charge in [-0.2, -0.15) is 0 Å². The Morgan fingerprint density at radius 1 is 0.788 bits per heavy atom. The summed E-state index contributed by atoms with van der Waals surface area (Å²) in [5.74, 6) is 1.36. The summed E-state index contributed by atoms with van der Waals surface area (Å²) in [4.78, 5) is 25.4. The Hall–Kier alpha value is -3.78. The summed E-state index contributed by atoms with van der Waals surface area (Å²) >= 11 is 0. The molecule has 3 aromatic carbocycles. The van der Waals surface area contributed by atoms with Crippen molar-refractivity contribution in [1.82, 2.24) is 4.90 Å². The van der Waals surface area contributed by atoms with E-state index in [1.54, 1.807) is 36.2 Å². The lowest BCUT2D eigenvalue weighted by molar-refractivity contribution is -0.145. The van der Waals surface area contributed by atoms with Crippen molar-refractivity contribution < 1.29 is 28.4 Å². The molecule has 168 valence electrons. The number of para-hydroxylation sites is 1. The van der Waals surface area contributed by atoms with Gasteiger partial charge in [-0.05, 0) is 49.0 Å².